The smallest absolute Gasteiger partial charge is 0.786 e. The summed E-state index contributed by atoms with van der Waals surface area (Å²) in [4.78, 5) is 19.5. The number of hydrogen-bond donors (Lipinski definition) is 5. The molecule has 14 heteroatoms. The van der Waals surface area contributed by atoms with Crippen LogP contribution in [0.3, 0.4) is 0 Å². The third-order valence-electron chi connectivity index (χ3n) is 4.28. The first-order valence-electron chi connectivity index (χ1n) is 7.87. The van der Waals surface area contributed by atoms with Crippen molar-refractivity contribution in [2.75, 3.05) is 13.7 Å². The third-order valence-corrected chi connectivity index (χ3v) is 5.33. The largest absolute Gasteiger partial charge is 1.00 e. The number of thiophene rings is 1. The molecule has 29 heavy (non-hydrogen) atoms. The summed E-state index contributed by atoms with van der Waals surface area (Å²) in [6.45, 7) is -0.364. The Morgan fingerprint density at radius 1 is 1.48 bits per heavy atom. The molecule has 3 rings (SSSR count). The number of aromatic nitrogens is 1. The molecule has 5 atom stereocenters. The van der Waals surface area contributed by atoms with Crippen LogP contribution in [0.4, 0.5) is 5.82 Å². The maximum atomic E-state index is 10.7. The van der Waals surface area contributed by atoms with Crippen molar-refractivity contribution < 1.29 is 110 Å². The standard InChI is InChI=1S/C15H19N4O6PS.K.Na/c1-18-14-10(13(16)17)8(7-2-3-27-6-7)4-19(14)15-12(21)11(20)9(25-15)5-24-26(22)23;;/h2-4,6,9,11-12,15,20-22H,5H2,1H3,(H3,16,17);;/q-2;2*+1. The van der Waals surface area contributed by atoms with Gasteiger partial charge in [-0.25, -0.2) is 0 Å². The number of ether oxygens (including phenoxy) is 1. The van der Waals surface area contributed by atoms with Crippen molar-refractivity contribution in [3.05, 3.63) is 33.9 Å². The van der Waals surface area contributed by atoms with Crippen LogP contribution >= 0.6 is 19.9 Å². The maximum absolute atomic E-state index is 10.7. The summed E-state index contributed by atoms with van der Waals surface area (Å²) in [6, 6.07) is 1.87. The van der Waals surface area contributed by atoms with E-state index in [1.54, 1.807) is 6.20 Å². The first-order chi connectivity index (χ1) is 12.8. The summed E-state index contributed by atoms with van der Waals surface area (Å²) in [5.41, 5.74) is 7.63. The molecule has 1 aliphatic heterocycles. The van der Waals surface area contributed by atoms with Crippen molar-refractivity contribution >= 4 is 31.6 Å². The molecule has 0 saturated carbocycles. The van der Waals surface area contributed by atoms with E-state index in [0.29, 0.717) is 16.9 Å². The fourth-order valence-electron chi connectivity index (χ4n) is 3.07. The van der Waals surface area contributed by atoms with Gasteiger partial charge in [-0.15, -0.1) is 0 Å². The molecule has 2 aromatic heterocycles. The molecular weight excluding hydrogens is 457 g/mol. The van der Waals surface area contributed by atoms with Crippen LogP contribution in [0.5, 0.6) is 0 Å². The van der Waals surface area contributed by atoms with Crippen LogP contribution in [0.25, 0.3) is 16.4 Å². The molecule has 0 amide bonds. The topological polar surface area (TPSA) is 171 Å². The fraction of sp³-hybridized carbons (Fsp3) is 0.400. The predicted molar refractivity (Wildman–Crippen MR) is 98.7 cm³/mol. The second kappa shape index (κ2) is 12.4. The average molecular weight is 476 g/mol. The van der Waals surface area contributed by atoms with Crippen molar-refractivity contribution in [2.45, 2.75) is 24.5 Å². The summed E-state index contributed by atoms with van der Waals surface area (Å²) < 4.78 is 11.8. The van der Waals surface area contributed by atoms with Crippen LogP contribution in [0.15, 0.2) is 23.0 Å². The summed E-state index contributed by atoms with van der Waals surface area (Å²) in [7, 11) is -1.34. The van der Waals surface area contributed by atoms with E-state index in [2.05, 4.69) is 9.84 Å². The Bertz CT molecular complexity index is 811. The second-order valence-corrected chi connectivity index (χ2v) is 7.39. The van der Waals surface area contributed by atoms with Crippen LogP contribution in [-0.2, 0) is 9.26 Å². The van der Waals surface area contributed by atoms with Crippen LogP contribution in [0.1, 0.15) is 11.8 Å². The molecule has 0 aromatic carbocycles. The summed E-state index contributed by atoms with van der Waals surface area (Å²) in [5.74, 6) is 0.121. The van der Waals surface area contributed by atoms with Gasteiger partial charge >= 0.3 is 80.9 Å². The van der Waals surface area contributed by atoms with Gasteiger partial charge in [0.05, 0.1) is 21.4 Å². The average Bonchev–Trinajstić information content (AvgIpc) is 3.32. The zero-order valence-electron chi connectivity index (χ0n) is 16.2. The van der Waals surface area contributed by atoms with E-state index in [1.165, 1.54) is 23.0 Å². The van der Waals surface area contributed by atoms with Crippen LogP contribution in [0, 0.1) is 5.41 Å². The number of hydrogen-bond acceptors (Lipinski definition) is 8. The van der Waals surface area contributed by atoms with Gasteiger partial charge in [0.1, 0.15) is 24.1 Å². The van der Waals surface area contributed by atoms with Crippen LogP contribution in [-0.4, -0.2) is 57.5 Å². The Morgan fingerprint density at radius 2 is 2.17 bits per heavy atom. The second-order valence-electron chi connectivity index (χ2n) is 5.88. The van der Waals surface area contributed by atoms with Crippen LogP contribution < -0.4 is 91.6 Å². The van der Waals surface area contributed by atoms with E-state index in [4.69, 9.17) is 20.8 Å². The molecule has 0 bridgehead atoms. The van der Waals surface area contributed by atoms with Crippen molar-refractivity contribution in [2.24, 2.45) is 5.73 Å². The molecule has 5 unspecified atom stereocenters. The van der Waals surface area contributed by atoms with E-state index in [-0.39, 0.29) is 93.4 Å². The summed E-state index contributed by atoms with van der Waals surface area (Å²) >= 11 is 1.48. The van der Waals surface area contributed by atoms with E-state index >= 15 is 0 Å². The van der Waals surface area contributed by atoms with Gasteiger partial charge in [-0.1, -0.05) is 13.2 Å². The first kappa shape index (κ1) is 28.1. The Morgan fingerprint density at radius 3 is 2.69 bits per heavy atom. The van der Waals surface area contributed by atoms with Gasteiger partial charge in [0.25, 0.3) is 0 Å². The molecule has 0 radical (unpaired) electrons. The monoisotopic (exact) mass is 476 g/mol. The predicted octanol–water partition coefficient (Wildman–Crippen LogP) is -5.64. The summed E-state index contributed by atoms with van der Waals surface area (Å²) in [5, 5.41) is 36.5. The van der Waals surface area contributed by atoms with Crippen molar-refractivity contribution in [1.82, 2.24) is 4.57 Å². The van der Waals surface area contributed by atoms with Gasteiger partial charge in [0.15, 0.2) is 0 Å². The van der Waals surface area contributed by atoms with E-state index < -0.39 is 33.1 Å². The number of nitrogen functional groups attached to an aromatic ring is 1. The number of aliphatic hydroxyl groups is 2. The van der Waals surface area contributed by atoms with Crippen molar-refractivity contribution in [3.63, 3.8) is 0 Å². The number of nitrogens with two attached hydrogens (primary N) is 1. The first-order valence-corrected chi connectivity index (χ1v) is 9.94. The van der Waals surface area contributed by atoms with Gasteiger partial charge in [0, 0.05) is 5.56 Å². The van der Waals surface area contributed by atoms with Crippen molar-refractivity contribution in [3.8, 4) is 11.1 Å². The molecule has 1 aliphatic rings. The van der Waals surface area contributed by atoms with Crippen LogP contribution in [0.2, 0.25) is 0 Å². The normalized spacial score (nSPS) is 24.4. The fourth-order valence-corrected chi connectivity index (χ4v) is 4.00. The zero-order chi connectivity index (χ0) is 19.7. The molecule has 2 aromatic rings. The third kappa shape index (κ3) is 6.11. The van der Waals surface area contributed by atoms with Gasteiger partial charge in [-0.05, 0) is 33.8 Å². The van der Waals surface area contributed by atoms with E-state index in [9.17, 15) is 15.1 Å². The quantitative estimate of drug-likeness (QED) is 0.115. The minimum atomic E-state index is -2.85. The number of aliphatic hydroxyl groups excluding tert-OH is 2. The molecule has 10 nitrogen and oxygen atoms in total. The van der Waals surface area contributed by atoms with Gasteiger partial charge in [0.2, 0.25) is 0 Å². The van der Waals surface area contributed by atoms with Gasteiger partial charge < -0.3 is 44.9 Å². The zero-order valence-corrected chi connectivity index (χ0v) is 23.1. The molecule has 3 heterocycles. The molecule has 0 aliphatic carbocycles. The van der Waals surface area contributed by atoms with Gasteiger partial charge in [-0.3, -0.25) is 5.41 Å². The molecule has 0 spiro atoms. The molecule has 148 valence electrons. The number of rotatable bonds is 7. The van der Waals surface area contributed by atoms with E-state index in [0.717, 1.165) is 5.56 Å². The SMILES string of the molecule is C[N-]c1c(C(=N)N)c(-c2ccsc2)cn1C1OC(COP([O-])O)C(O)C1O.[K+].[Na+]. The Kier molecular flexibility index (Phi) is 12.0. The number of amidine groups is 1. The Labute approximate surface area is 237 Å². The van der Waals surface area contributed by atoms with E-state index in [1.807, 2.05) is 16.8 Å². The van der Waals surface area contributed by atoms with Gasteiger partial charge in [-0.2, -0.15) is 11.3 Å². The Balaban J connectivity index is 0.00000210. The molecular formula is C15H19KN4NaO6PS. The minimum Gasteiger partial charge on any atom is -0.786 e. The minimum absolute atomic E-state index is 0. The molecule has 1 saturated heterocycles. The Hall–Kier alpha value is 1.08. The number of nitrogens with zero attached hydrogens (tertiary/aromatic N) is 2. The maximum Gasteiger partial charge on any atom is 1.00 e. The van der Waals surface area contributed by atoms with Crippen molar-refractivity contribution in [1.29, 1.82) is 5.41 Å². The molecule has 1 fully saturated rings. The summed E-state index contributed by atoms with van der Waals surface area (Å²) in [6.07, 6.45) is -3.05. The molecule has 6 N–H and O–H groups in total. The number of nitrogens with one attached hydrogen (secondary N) is 1.